The van der Waals surface area contributed by atoms with Crippen molar-refractivity contribution in [3.05, 3.63) is 231 Å². The summed E-state index contributed by atoms with van der Waals surface area (Å²) in [6.07, 6.45) is 0. The first-order chi connectivity index (χ1) is 34.6. The molecule has 4 heterocycles. The third kappa shape index (κ3) is 6.67. The van der Waals surface area contributed by atoms with Crippen LogP contribution in [0.2, 0.25) is 0 Å². The van der Waals surface area contributed by atoms with Gasteiger partial charge in [-0.2, -0.15) is 0 Å². The van der Waals surface area contributed by atoms with E-state index in [2.05, 4.69) is 231 Å². The third-order valence-electron chi connectivity index (χ3n) is 14.3. The summed E-state index contributed by atoms with van der Waals surface area (Å²) in [5, 5.41) is 10.6. The van der Waals surface area contributed by atoms with Gasteiger partial charge in [0, 0.05) is 80.7 Å². The van der Waals surface area contributed by atoms with E-state index < -0.39 is 0 Å². The first-order valence-corrected chi connectivity index (χ1v) is 26.9. The molecule has 0 nitrogen and oxygen atoms in total. The molecule has 70 heavy (non-hydrogen) atoms. The Labute approximate surface area is 420 Å². The molecule has 326 valence electrons. The molecule has 0 amide bonds. The zero-order valence-corrected chi connectivity index (χ0v) is 40.8. The molecule has 0 N–H and O–H groups in total. The summed E-state index contributed by atoms with van der Waals surface area (Å²) in [6.45, 7) is 0. The molecular formula is C66H38S4. The summed E-state index contributed by atoms with van der Waals surface area (Å²) in [7, 11) is 0. The van der Waals surface area contributed by atoms with Crippen LogP contribution < -0.4 is 0 Å². The Balaban J connectivity index is 0.702. The number of hydrogen-bond donors (Lipinski definition) is 0. The molecule has 4 heteroatoms. The minimum atomic E-state index is 1.22. The molecule has 0 aliphatic heterocycles. The van der Waals surface area contributed by atoms with Crippen molar-refractivity contribution in [3.63, 3.8) is 0 Å². The van der Waals surface area contributed by atoms with E-state index in [1.54, 1.807) is 0 Å². The molecule has 0 saturated carbocycles. The van der Waals surface area contributed by atoms with Gasteiger partial charge in [0.05, 0.1) is 0 Å². The Hall–Kier alpha value is -7.70. The van der Waals surface area contributed by atoms with E-state index >= 15 is 0 Å². The fourth-order valence-corrected chi connectivity index (χ4v) is 14.9. The van der Waals surface area contributed by atoms with Crippen molar-refractivity contribution in [1.29, 1.82) is 0 Å². The topological polar surface area (TPSA) is 0 Å². The predicted molar refractivity (Wildman–Crippen MR) is 311 cm³/mol. The van der Waals surface area contributed by atoms with Crippen molar-refractivity contribution in [2.24, 2.45) is 0 Å². The molecular weight excluding hydrogens is 921 g/mol. The molecule has 15 aromatic rings. The second kappa shape index (κ2) is 15.9. The molecule has 0 radical (unpaired) electrons. The zero-order valence-electron chi connectivity index (χ0n) is 37.6. The van der Waals surface area contributed by atoms with Gasteiger partial charge in [-0.1, -0.05) is 140 Å². The number of fused-ring (bicyclic) bond motifs is 12. The largest absolute Gasteiger partial charge is 0.135 e. The highest BCUT2D eigenvalue weighted by Crippen LogP contribution is 2.44. The second-order valence-corrected chi connectivity index (χ2v) is 22.7. The molecule has 0 aliphatic carbocycles. The third-order valence-corrected chi connectivity index (χ3v) is 18.9. The lowest BCUT2D eigenvalue weighted by Crippen LogP contribution is -1.83. The molecule has 0 bridgehead atoms. The van der Waals surface area contributed by atoms with Crippen LogP contribution in [0.25, 0.3) is 147 Å². The van der Waals surface area contributed by atoms with E-state index in [-0.39, 0.29) is 0 Å². The van der Waals surface area contributed by atoms with Crippen LogP contribution in [0.1, 0.15) is 0 Å². The highest BCUT2D eigenvalue weighted by molar-refractivity contribution is 7.27. The van der Waals surface area contributed by atoms with E-state index in [0.717, 1.165) is 0 Å². The SMILES string of the molecule is c1ccc(-c2ccc3sc4ccc(-c5ccc6sc7ccc(-c8ccc(-c9ccc(-c%10ccc%11sc%12ccc(-c%13ccc%14sc%15ccccc%15c%14c%13)cc%12c%11c%10)cc9)cc8)cc7c6c5)cc4c3c2)cc1. The maximum absolute atomic E-state index is 2.40. The van der Waals surface area contributed by atoms with Crippen molar-refractivity contribution >= 4 is 126 Å². The Morgan fingerprint density at radius 3 is 0.657 bits per heavy atom. The number of thiophene rings is 4. The Kier molecular flexibility index (Phi) is 9.15. The monoisotopic (exact) mass is 958 g/mol. The molecule has 0 saturated heterocycles. The predicted octanol–water partition coefficient (Wildman–Crippen LogP) is 21.2. The normalized spacial score (nSPS) is 12.0. The van der Waals surface area contributed by atoms with Crippen LogP contribution >= 0.6 is 45.3 Å². The fraction of sp³-hybridized carbons (Fsp3) is 0. The van der Waals surface area contributed by atoms with Crippen LogP contribution in [-0.2, 0) is 0 Å². The summed E-state index contributed by atoms with van der Waals surface area (Å²) in [5.74, 6) is 0. The summed E-state index contributed by atoms with van der Waals surface area (Å²) in [5.41, 5.74) is 14.9. The Bertz CT molecular complexity index is 4560. The van der Waals surface area contributed by atoms with Crippen LogP contribution in [-0.4, -0.2) is 0 Å². The van der Waals surface area contributed by atoms with Crippen LogP contribution in [0.3, 0.4) is 0 Å². The van der Waals surface area contributed by atoms with Crippen LogP contribution in [0.4, 0.5) is 0 Å². The zero-order chi connectivity index (χ0) is 45.9. The van der Waals surface area contributed by atoms with Crippen molar-refractivity contribution in [3.8, 4) is 66.8 Å². The van der Waals surface area contributed by atoms with Crippen molar-refractivity contribution in [2.45, 2.75) is 0 Å². The summed E-state index contributed by atoms with van der Waals surface area (Å²) >= 11 is 7.50. The lowest BCUT2D eigenvalue weighted by molar-refractivity contribution is 1.59. The van der Waals surface area contributed by atoms with Crippen LogP contribution in [0, 0.1) is 0 Å². The minimum Gasteiger partial charge on any atom is -0.135 e. The van der Waals surface area contributed by atoms with E-state index in [9.17, 15) is 0 Å². The number of rotatable bonds is 6. The first-order valence-electron chi connectivity index (χ1n) is 23.7. The van der Waals surface area contributed by atoms with E-state index in [4.69, 9.17) is 0 Å². The van der Waals surface area contributed by atoms with Crippen molar-refractivity contribution < 1.29 is 0 Å². The van der Waals surface area contributed by atoms with Gasteiger partial charge < -0.3 is 0 Å². The molecule has 0 spiro atoms. The quantitative estimate of drug-likeness (QED) is 0.156. The highest BCUT2D eigenvalue weighted by Gasteiger charge is 2.15. The van der Waals surface area contributed by atoms with Gasteiger partial charge in [0.1, 0.15) is 0 Å². The molecule has 0 unspecified atom stereocenters. The molecule has 0 atom stereocenters. The lowest BCUT2D eigenvalue weighted by Gasteiger charge is -2.08. The Morgan fingerprint density at radius 2 is 0.343 bits per heavy atom. The molecule has 4 aromatic heterocycles. The van der Waals surface area contributed by atoms with Crippen molar-refractivity contribution in [2.75, 3.05) is 0 Å². The average Bonchev–Trinajstić information content (AvgIpc) is 4.20. The van der Waals surface area contributed by atoms with E-state index in [1.807, 2.05) is 45.3 Å². The van der Waals surface area contributed by atoms with Gasteiger partial charge in [0.2, 0.25) is 0 Å². The average molecular weight is 959 g/mol. The van der Waals surface area contributed by atoms with Crippen LogP contribution in [0.5, 0.6) is 0 Å². The summed E-state index contributed by atoms with van der Waals surface area (Å²) in [6, 6.07) is 86.4. The second-order valence-electron chi connectivity index (χ2n) is 18.4. The molecule has 0 fully saturated rings. The van der Waals surface area contributed by atoms with Gasteiger partial charge >= 0.3 is 0 Å². The maximum Gasteiger partial charge on any atom is 0.0355 e. The fourth-order valence-electron chi connectivity index (χ4n) is 10.7. The molecule has 15 rings (SSSR count). The Morgan fingerprint density at radius 1 is 0.143 bits per heavy atom. The van der Waals surface area contributed by atoms with Gasteiger partial charge in [0.15, 0.2) is 0 Å². The van der Waals surface area contributed by atoms with Gasteiger partial charge in [-0.3, -0.25) is 0 Å². The van der Waals surface area contributed by atoms with E-state index in [1.165, 1.54) is 147 Å². The van der Waals surface area contributed by atoms with Crippen molar-refractivity contribution in [1.82, 2.24) is 0 Å². The molecule has 11 aromatic carbocycles. The lowest BCUT2D eigenvalue weighted by atomic mass is 9.96. The minimum absolute atomic E-state index is 1.22. The van der Waals surface area contributed by atoms with Gasteiger partial charge in [0.25, 0.3) is 0 Å². The number of hydrogen-bond acceptors (Lipinski definition) is 4. The van der Waals surface area contributed by atoms with E-state index in [0.29, 0.717) is 0 Å². The number of benzene rings is 11. The maximum atomic E-state index is 2.40. The van der Waals surface area contributed by atoms with Crippen LogP contribution in [0.15, 0.2) is 231 Å². The standard InChI is InChI=1S/C66H38S4/c1-2-6-39(7-3-1)44-18-25-61-53(32-44)56-37-49(23-30-64(56)68-61)50-24-31-66-58(38-50)55-34-46(20-27-63(55)70-66)43-16-12-41(13-17-43)40-10-14-42(15-11-40)45-19-26-62-54(33-45)57-36-48(22-29-65(57)69-62)47-21-28-60-52(35-47)51-8-4-5-9-59(51)67-60/h1-38H. The smallest absolute Gasteiger partial charge is 0.0355 e. The van der Waals surface area contributed by atoms with Gasteiger partial charge in [-0.15, -0.1) is 45.3 Å². The first kappa shape index (κ1) is 40.2. The van der Waals surface area contributed by atoms with Gasteiger partial charge in [-0.25, -0.2) is 0 Å². The summed E-state index contributed by atoms with van der Waals surface area (Å²) in [4.78, 5) is 0. The highest BCUT2D eigenvalue weighted by atomic mass is 32.1. The molecule has 0 aliphatic rings. The summed E-state index contributed by atoms with van der Waals surface area (Å²) < 4.78 is 10.6. The van der Waals surface area contributed by atoms with Gasteiger partial charge in [-0.05, 0) is 158 Å².